The second-order valence-electron chi connectivity index (χ2n) is 6.70. The van der Waals surface area contributed by atoms with Gasteiger partial charge in [0, 0.05) is 11.4 Å². The average molecular weight is 346 g/mol. The summed E-state index contributed by atoms with van der Waals surface area (Å²) < 4.78 is 5.26. The fourth-order valence-corrected chi connectivity index (χ4v) is 3.53. The molecule has 0 saturated carbocycles. The number of anilines is 1. The normalized spacial score (nSPS) is 21.7. The molecule has 4 nitrogen and oxygen atoms in total. The number of rotatable bonds is 3. The first-order chi connectivity index (χ1) is 12.7. The van der Waals surface area contributed by atoms with E-state index in [4.69, 9.17) is 4.74 Å². The summed E-state index contributed by atoms with van der Waals surface area (Å²) in [6, 6.07) is 16.0. The van der Waals surface area contributed by atoms with E-state index in [1.165, 1.54) is 5.56 Å². The third kappa shape index (κ3) is 2.88. The number of fused-ring (bicyclic) bond motifs is 1. The zero-order chi connectivity index (χ0) is 18.1. The van der Waals surface area contributed by atoms with Gasteiger partial charge in [-0.15, -0.1) is 0 Å². The number of ether oxygens (including phenoxy) is 1. The van der Waals surface area contributed by atoms with E-state index in [-0.39, 0.29) is 18.0 Å². The molecule has 1 aliphatic carbocycles. The lowest BCUT2D eigenvalue weighted by Gasteiger charge is -2.42. The fraction of sp³-hybridized carbons (Fsp3) is 0.227. The molecule has 2 atom stereocenters. The largest absolute Gasteiger partial charge is 0.497 e. The number of hydrogen-bond acceptors (Lipinski definition) is 3. The molecule has 0 bridgehead atoms. The molecule has 0 spiro atoms. The van der Waals surface area contributed by atoms with E-state index < -0.39 is 0 Å². The first-order valence-electron chi connectivity index (χ1n) is 8.84. The maximum absolute atomic E-state index is 13.3. The number of carbonyl (C=O) groups is 1. The second kappa shape index (κ2) is 6.71. The van der Waals surface area contributed by atoms with Crippen molar-refractivity contribution in [2.45, 2.75) is 19.5 Å². The van der Waals surface area contributed by atoms with Gasteiger partial charge in [-0.25, -0.2) is 0 Å². The van der Waals surface area contributed by atoms with Gasteiger partial charge in [-0.1, -0.05) is 42.0 Å². The van der Waals surface area contributed by atoms with E-state index in [1.807, 2.05) is 47.4 Å². The van der Waals surface area contributed by atoms with E-state index in [9.17, 15) is 4.79 Å². The Labute approximate surface area is 153 Å². The van der Waals surface area contributed by atoms with Crippen LogP contribution < -0.4 is 15.0 Å². The number of benzene rings is 2. The molecule has 0 unspecified atom stereocenters. The Bertz CT molecular complexity index is 866. The fourth-order valence-electron chi connectivity index (χ4n) is 3.53. The smallest absolute Gasteiger partial charge is 0.238 e. The number of aryl methyl sites for hydroxylation is 1. The van der Waals surface area contributed by atoms with Gasteiger partial charge in [-0.3, -0.25) is 9.69 Å². The molecule has 1 fully saturated rings. The number of methoxy groups -OCH3 is 1. The second-order valence-corrected chi connectivity index (χ2v) is 6.70. The van der Waals surface area contributed by atoms with Crippen molar-refractivity contribution in [1.82, 2.24) is 5.32 Å². The third-order valence-electron chi connectivity index (χ3n) is 5.00. The van der Waals surface area contributed by atoms with Crippen molar-refractivity contribution in [3.05, 3.63) is 83.6 Å². The number of nitrogens with one attached hydrogen (secondary N) is 1. The molecule has 2 aromatic carbocycles. The van der Waals surface area contributed by atoms with Gasteiger partial charge < -0.3 is 10.1 Å². The first kappa shape index (κ1) is 16.5. The highest BCUT2D eigenvalue weighted by atomic mass is 16.5. The van der Waals surface area contributed by atoms with Crippen molar-refractivity contribution in [1.29, 1.82) is 0 Å². The lowest BCUT2D eigenvalue weighted by molar-refractivity contribution is -0.123. The SMILES string of the molecule is COc1ccc(N2C(=O)[C@@H]3CC=CC=C3N[C@H]2c2ccc(C)cc2)cc1. The van der Waals surface area contributed by atoms with Gasteiger partial charge in [0.15, 0.2) is 0 Å². The third-order valence-corrected chi connectivity index (χ3v) is 5.00. The number of carbonyl (C=O) groups excluding carboxylic acids is 1. The number of nitrogens with zero attached hydrogens (tertiary/aromatic N) is 1. The van der Waals surface area contributed by atoms with Gasteiger partial charge in [0.1, 0.15) is 11.9 Å². The molecular weight excluding hydrogens is 324 g/mol. The van der Waals surface area contributed by atoms with Crippen molar-refractivity contribution in [2.24, 2.45) is 5.92 Å². The molecule has 26 heavy (non-hydrogen) atoms. The summed E-state index contributed by atoms with van der Waals surface area (Å²) in [6.45, 7) is 2.06. The zero-order valence-corrected chi connectivity index (χ0v) is 15.0. The molecule has 1 aliphatic heterocycles. The monoisotopic (exact) mass is 346 g/mol. The van der Waals surface area contributed by atoms with Gasteiger partial charge in [-0.05, 0) is 49.2 Å². The van der Waals surface area contributed by atoms with Crippen molar-refractivity contribution in [2.75, 3.05) is 12.0 Å². The molecule has 2 aliphatic rings. The Morgan fingerprint density at radius 1 is 1.08 bits per heavy atom. The molecule has 1 saturated heterocycles. The molecule has 2 aromatic rings. The molecule has 1 amide bonds. The maximum Gasteiger partial charge on any atom is 0.238 e. The van der Waals surface area contributed by atoms with Crippen LogP contribution in [0.25, 0.3) is 0 Å². The van der Waals surface area contributed by atoms with Crippen molar-refractivity contribution >= 4 is 11.6 Å². The molecule has 0 radical (unpaired) electrons. The Morgan fingerprint density at radius 3 is 2.50 bits per heavy atom. The van der Waals surface area contributed by atoms with Gasteiger partial charge in [-0.2, -0.15) is 0 Å². The predicted molar refractivity (Wildman–Crippen MR) is 103 cm³/mol. The Morgan fingerprint density at radius 2 is 1.81 bits per heavy atom. The minimum atomic E-state index is -0.231. The van der Waals surface area contributed by atoms with Gasteiger partial charge in [0.05, 0.1) is 13.0 Å². The van der Waals surface area contributed by atoms with Crippen molar-refractivity contribution in [3.63, 3.8) is 0 Å². The lowest BCUT2D eigenvalue weighted by Crippen LogP contribution is -2.52. The van der Waals surface area contributed by atoms with Crippen LogP contribution in [-0.4, -0.2) is 13.0 Å². The summed E-state index contributed by atoms with van der Waals surface area (Å²) in [7, 11) is 1.64. The van der Waals surface area contributed by atoms with Gasteiger partial charge in [0.2, 0.25) is 5.91 Å². The predicted octanol–water partition coefficient (Wildman–Crippen LogP) is 4.10. The molecule has 4 rings (SSSR count). The quantitative estimate of drug-likeness (QED) is 0.910. The maximum atomic E-state index is 13.3. The van der Waals surface area contributed by atoms with E-state index in [0.29, 0.717) is 0 Å². The van der Waals surface area contributed by atoms with E-state index in [1.54, 1.807) is 7.11 Å². The molecule has 0 aromatic heterocycles. The number of allylic oxidation sites excluding steroid dienone is 3. The first-order valence-corrected chi connectivity index (χ1v) is 8.84. The molecular formula is C22H22N2O2. The highest BCUT2D eigenvalue weighted by molar-refractivity contribution is 5.99. The Hall–Kier alpha value is -3.01. The molecule has 4 heteroatoms. The minimum absolute atomic E-state index is 0.120. The van der Waals surface area contributed by atoms with Gasteiger partial charge >= 0.3 is 0 Å². The van der Waals surface area contributed by atoms with Crippen LogP contribution in [0.2, 0.25) is 0 Å². The molecule has 132 valence electrons. The highest BCUT2D eigenvalue weighted by Crippen LogP contribution is 2.37. The summed E-state index contributed by atoms with van der Waals surface area (Å²) in [5, 5.41) is 3.58. The topological polar surface area (TPSA) is 41.6 Å². The average Bonchev–Trinajstić information content (AvgIpc) is 2.69. The molecule has 1 N–H and O–H groups in total. The van der Waals surface area contributed by atoms with Crippen LogP contribution in [0.1, 0.15) is 23.7 Å². The van der Waals surface area contributed by atoms with Crippen LogP contribution in [0.5, 0.6) is 5.75 Å². The zero-order valence-electron chi connectivity index (χ0n) is 15.0. The number of hydrogen-bond donors (Lipinski definition) is 1. The van der Waals surface area contributed by atoms with Crippen LogP contribution in [0.15, 0.2) is 72.5 Å². The van der Waals surface area contributed by atoms with Gasteiger partial charge in [0.25, 0.3) is 0 Å². The van der Waals surface area contributed by atoms with Crippen molar-refractivity contribution < 1.29 is 9.53 Å². The van der Waals surface area contributed by atoms with E-state index in [0.717, 1.165) is 29.1 Å². The van der Waals surface area contributed by atoms with Crippen LogP contribution in [0.3, 0.4) is 0 Å². The summed E-state index contributed by atoms with van der Waals surface area (Å²) in [6.07, 6.45) is 6.57. The summed E-state index contributed by atoms with van der Waals surface area (Å²) >= 11 is 0. The van der Waals surface area contributed by atoms with Crippen LogP contribution in [-0.2, 0) is 4.79 Å². The molecule has 1 heterocycles. The Balaban J connectivity index is 1.77. The standard InChI is InChI=1S/C22H22N2O2/c1-15-7-9-16(10-8-15)21-23-20-6-4-3-5-19(20)22(25)24(21)17-11-13-18(26-2)14-12-17/h3-4,6-14,19,21,23H,5H2,1-2H3/t19-,21-/m1/s1. The van der Waals surface area contributed by atoms with Crippen LogP contribution in [0.4, 0.5) is 5.69 Å². The Kier molecular flexibility index (Phi) is 4.25. The minimum Gasteiger partial charge on any atom is -0.497 e. The number of amides is 1. The van der Waals surface area contributed by atoms with Crippen LogP contribution in [0, 0.1) is 12.8 Å². The van der Waals surface area contributed by atoms with Crippen molar-refractivity contribution in [3.8, 4) is 5.75 Å². The summed E-state index contributed by atoms with van der Waals surface area (Å²) in [5.41, 5.74) is 4.12. The highest BCUT2D eigenvalue weighted by Gasteiger charge is 2.39. The lowest BCUT2D eigenvalue weighted by atomic mass is 9.90. The summed E-state index contributed by atoms with van der Waals surface area (Å²) in [5.74, 6) is 0.748. The van der Waals surface area contributed by atoms with Crippen LogP contribution >= 0.6 is 0 Å². The summed E-state index contributed by atoms with van der Waals surface area (Å²) in [4.78, 5) is 15.2. The van der Waals surface area contributed by atoms with E-state index >= 15 is 0 Å². The van der Waals surface area contributed by atoms with E-state index in [2.05, 4.69) is 36.5 Å².